The number of hydrogen-bond donors (Lipinski definition) is 1. The van der Waals surface area contributed by atoms with Gasteiger partial charge in [-0.1, -0.05) is 25.0 Å². The van der Waals surface area contributed by atoms with E-state index in [9.17, 15) is 27.6 Å². The van der Waals surface area contributed by atoms with Gasteiger partial charge in [0, 0.05) is 37.3 Å². The van der Waals surface area contributed by atoms with Crippen LogP contribution in [0.15, 0.2) is 53.6 Å². The van der Waals surface area contributed by atoms with E-state index >= 15 is 0 Å². The molecule has 0 saturated carbocycles. The zero-order valence-electron chi connectivity index (χ0n) is 24.2. The summed E-state index contributed by atoms with van der Waals surface area (Å²) in [6.07, 6.45) is -1.09. The summed E-state index contributed by atoms with van der Waals surface area (Å²) in [6.45, 7) is 5.16. The van der Waals surface area contributed by atoms with Crippen molar-refractivity contribution < 1.29 is 32.3 Å². The van der Waals surface area contributed by atoms with Gasteiger partial charge in [0.15, 0.2) is 0 Å². The number of para-hydroxylation sites is 2. The van der Waals surface area contributed by atoms with Crippen LogP contribution in [0.2, 0.25) is 0 Å². The van der Waals surface area contributed by atoms with Gasteiger partial charge in [0.05, 0.1) is 35.7 Å². The minimum absolute atomic E-state index is 0.160. The average Bonchev–Trinajstić information content (AvgIpc) is 3.21. The minimum Gasteiger partial charge on any atom is -0.495 e. The monoisotopic (exact) mass is 597 g/mol. The fourth-order valence-corrected chi connectivity index (χ4v) is 5.32. The second kappa shape index (κ2) is 13.7. The van der Waals surface area contributed by atoms with Crippen molar-refractivity contribution in [2.45, 2.75) is 45.2 Å². The quantitative estimate of drug-likeness (QED) is 0.283. The molecule has 2 heterocycles. The highest BCUT2D eigenvalue weighted by Crippen LogP contribution is 2.37. The number of methoxy groups -OCH3 is 1. The lowest BCUT2D eigenvalue weighted by Crippen LogP contribution is -2.50. The first kappa shape index (κ1) is 31.6. The van der Waals surface area contributed by atoms with Crippen molar-refractivity contribution in [1.82, 2.24) is 9.80 Å². The third-order valence-corrected chi connectivity index (χ3v) is 7.78. The average molecular weight is 598 g/mol. The van der Waals surface area contributed by atoms with Crippen molar-refractivity contribution in [3.63, 3.8) is 0 Å². The minimum atomic E-state index is -4.79. The van der Waals surface area contributed by atoms with Gasteiger partial charge in [0.2, 0.25) is 0 Å². The molecule has 0 atom stereocenters. The summed E-state index contributed by atoms with van der Waals surface area (Å²) >= 11 is 0. The highest BCUT2D eigenvalue weighted by Gasteiger charge is 2.39. The Morgan fingerprint density at radius 1 is 1.00 bits per heavy atom. The Morgan fingerprint density at radius 2 is 1.70 bits per heavy atom. The van der Waals surface area contributed by atoms with Crippen LogP contribution in [0.25, 0.3) is 0 Å². The molecule has 4 rings (SSSR count). The highest BCUT2D eigenvalue weighted by atomic mass is 19.4. The Hall–Kier alpha value is -4.37. The van der Waals surface area contributed by atoms with Crippen LogP contribution in [0.5, 0.6) is 5.75 Å². The highest BCUT2D eigenvalue weighted by molar-refractivity contribution is 6.32. The number of halogens is 3. The topological polar surface area (TPSA) is 106 Å². The molecule has 4 amide bonds. The molecule has 0 unspecified atom stereocenters. The Morgan fingerprint density at radius 3 is 2.37 bits per heavy atom. The Labute approximate surface area is 248 Å². The predicted molar refractivity (Wildman–Crippen MR) is 154 cm³/mol. The number of nitrogens with one attached hydrogen (secondary N) is 1. The van der Waals surface area contributed by atoms with Gasteiger partial charge < -0.3 is 15.0 Å². The Bertz CT molecular complexity index is 1440. The number of carbonyl (C=O) groups excluding carboxylic acids is 3. The Balaban J connectivity index is 1.19. The van der Waals surface area contributed by atoms with Gasteiger partial charge in [0.1, 0.15) is 5.75 Å². The second-order valence-electron chi connectivity index (χ2n) is 10.5. The number of anilines is 2. The van der Waals surface area contributed by atoms with Gasteiger partial charge in [-0.2, -0.15) is 18.4 Å². The Kier molecular flexibility index (Phi) is 10.1. The number of ether oxygens (including phenoxy) is 1. The summed E-state index contributed by atoms with van der Waals surface area (Å²) in [5.74, 6) is -0.658. The van der Waals surface area contributed by atoms with Gasteiger partial charge in [-0.3, -0.25) is 14.5 Å². The van der Waals surface area contributed by atoms with Crippen molar-refractivity contribution in [2.24, 2.45) is 0 Å². The maximum Gasteiger partial charge on any atom is 0.417 e. The number of nitrogens with zero attached hydrogens (tertiary/aromatic N) is 4. The molecule has 0 radical (unpaired) electrons. The van der Waals surface area contributed by atoms with E-state index in [-0.39, 0.29) is 17.3 Å². The molecule has 1 fully saturated rings. The van der Waals surface area contributed by atoms with Crippen molar-refractivity contribution in [2.75, 3.05) is 50.1 Å². The molecule has 0 spiro atoms. The van der Waals surface area contributed by atoms with E-state index in [1.807, 2.05) is 12.1 Å². The third kappa shape index (κ3) is 7.35. The van der Waals surface area contributed by atoms with E-state index in [2.05, 4.69) is 10.2 Å². The number of urea groups is 1. The number of alkyl halides is 3. The van der Waals surface area contributed by atoms with Crippen LogP contribution >= 0.6 is 0 Å². The standard InChI is InChI=1S/C31H34F3N5O4/c1-21-24(29(41)39(28(21)40)23-13-12-22(20-35)25(19-23)31(32,33)34)9-5-3-4-8-14-37-15-17-38(18-16-37)30(42)36-26-10-6-7-11-27(26)43-2/h6-7,10-13,19H,3-5,8-9,14-18H2,1-2H3,(H,36,42). The fourth-order valence-electron chi connectivity index (χ4n) is 5.32. The molecule has 12 heteroatoms. The van der Waals surface area contributed by atoms with Crippen molar-refractivity contribution in [3.8, 4) is 11.8 Å². The molecule has 9 nitrogen and oxygen atoms in total. The molecule has 0 bridgehead atoms. The van der Waals surface area contributed by atoms with Crippen LogP contribution in [-0.4, -0.2) is 67.5 Å². The van der Waals surface area contributed by atoms with Crippen LogP contribution in [0.1, 0.15) is 50.2 Å². The van der Waals surface area contributed by atoms with E-state index in [4.69, 9.17) is 10.00 Å². The molecule has 2 aromatic rings. The molecule has 2 aromatic carbocycles. The number of carbonyl (C=O) groups is 3. The molecule has 1 N–H and O–H groups in total. The maximum absolute atomic E-state index is 13.4. The zero-order valence-corrected chi connectivity index (χ0v) is 24.2. The molecule has 43 heavy (non-hydrogen) atoms. The van der Waals surface area contributed by atoms with Crippen molar-refractivity contribution in [1.29, 1.82) is 5.26 Å². The normalized spacial score (nSPS) is 16.1. The van der Waals surface area contributed by atoms with Gasteiger partial charge in [-0.25, -0.2) is 9.69 Å². The molecule has 228 valence electrons. The lowest BCUT2D eigenvalue weighted by molar-refractivity contribution is -0.138. The summed E-state index contributed by atoms with van der Waals surface area (Å²) in [5.41, 5.74) is -0.785. The van der Waals surface area contributed by atoms with Crippen LogP contribution in [0, 0.1) is 11.3 Å². The second-order valence-corrected chi connectivity index (χ2v) is 10.5. The number of benzene rings is 2. The summed E-state index contributed by atoms with van der Waals surface area (Å²) in [6, 6.07) is 11.4. The first-order valence-corrected chi connectivity index (χ1v) is 14.2. The first-order valence-electron chi connectivity index (χ1n) is 14.2. The molecule has 0 aliphatic carbocycles. The number of piperazine rings is 1. The van der Waals surface area contributed by atoms with Gasteiger partial charge in [-0.15, -0.1) is 0 Å². The number of unbranched alkanes of at least 4 members (excludes halogenated alkanes) is 3. The van der Waals surface area contributed by atoms with E-state index < -0.39 is 29.1 Å². The van der Waals surface area contributed by atoms with E-state index in [1.54, 1.807) is 24.1 Å². The smallest absolute Gasteiger partial charge is 0.417 e. The summed E-state index contributed by atoms with van der Waals surface area (Å²) in [7, 11) is 1.56. The van der Waals surface area contributed by atoms with Gasteiger partial charge >= 0.3 is 12.2 Å². The number of hydrogen-bond acceptors (Lipinski definition) is 6. The van der Waals surface area contributed by atoms with Crippen LogP contribution in [0.3, 0.4) is 0 Å². The van der Waals surface area contributed by atoms with Gasteiger partial charge in [-0.05, 0) is 63.1 Å². The third-order valence-electron chi connectivity index (χ3n) is 7.78. The maximum atomic E-state index is 13.4. The molecule has 1 saturated heterocycles. The summed E-state index contributed by atoms with van der Waals surface area (Å²) in [5, 5.41) is 11.9. The van der Waals surface area contributed by atoms with Crippen molar-refractivity contribution in [3.05, 3.63) is 64.7 Å². The first-order chi connectivity index (χ1) is 20.5. The van der Waals surface area contributed by atoms with E-state index in [0.29, 0.717) is 49.0 Å². The fraction of sp³-hybridized carbons (Fsp3) is 0.419. The largest absolute Gasteiger partial charge is 0.495 e. The van der Waals surface area contributed by atoms with Gasteiger partial charge in [0.25, 0.3) is 11.8 Å². The molecule has 2 aliphatic heterocycles. The zero-order chi connectivity index (χ0) is 31.1. The number of amides is 4. The van der Waals surface area contributed by atoms with Crippen LogP contribution in [0.4, 0.5) is 29.3 Å². The molecular weight excluding hydrogens is 563 g/mol. The number of nitriles is 1. The summed E-state index contributed by atoms with van der Waals surface area (Å²) < 4.78 is 45.5. The molecule has 0 aromatic heterocycles. The number of rotatable bonds is 10. The lowest BCUT2D eigenvalue weighted by atomic mass is 10.0. The number of imide groups is 1. The molecule has 2 aliphatic rings. The SMILES string of the molecule is COc1ccccc1NC(=O)N1CCN(CCCCCCC2=C(C)C(=O)N(c3ccc(C#N)c(C(F)(F)F)c3)C2=O)CC1. The van der Waals surface area contributed by atoms with Crippen LogP contribution in [-0.2, 0) is 15.8 Å². The predicted octanol–water partition coefficient (Wildman–Crippen LogP) is 5.58. The van der Waals surface area contributed by atoms with E-state index in [0.717, 1.165) is 49.9 Å². The molecular formula is C31H34F3N5O4. The summed E-state index contributed by atoms with van der Waals surface area (Å²) in [4.78, 5) is 43.3. The lowest BCUT2D eigenvalue weighted by Gasteiger charge is -2.34. The van der Waals surface area contributed by atoms with E-state index in [1.165, 1.54) is 19.1 Å². The van der Waals surface area contributed by atoms with Crippen LogP contribution < -0.4 is 15.0 Å². The van der Waals surface area contributed by atoms with Crippen molar-refractivity contribution >= 4 is 29.2 Å².